The molecule has 2 aromatic carbocycles. The van der Waals surface area contributed by atoms with Crippen LogP contribution in [0.3, 0.4) is 0 Å². The van der Waals surface area contributed by atoms with Gasteiger partial charge in [-0.15, -0.1) is 0 Å². The number of benzene rings is 2. The van der Waals surface area contributed by atoms with Crippen molar-refractivity contribution in [3.05, 3.63) is 53.6 Å². The molecule has 0 unspecified atom stereocenters. The first-order valence-corrected chi connectivity index (χ1v) is 8.54. The monoisotopic (exact) mass is 357 g/mol. The molecule has 2 rings (SSSR count). The van der Waals surface area contributed by atoms with E-state index in [4.69, 9.17) is 9.47 Å². The maximum atomic E-state index is 13.0. The molecular weight excluding hydrogens is 340 g/mol. The molecule has 0 aliphatic heterocycles. The Morgan fingerprint density at radius 2 is 1.83 bits per heavy atom. The summed E-state index contributed by atoms with van der Waals surface area (Å²) in [6, 6.07) is 7.90. The van der Waals surface area contributed by atoms with Crippen molar-refractivity contribution in [1.29, 1.82) is 0 Å². The number of nitrogens with one attached hydrogen (secondary N) is 1. The summed E-state index contributed by atoms with van der Waals surface area (Å²) >= 11 is 0. The molecule has 0 saturated carbocycles. The van der Waals surface area contributed by atoms with Gasteiger partial charge in [-0.2, -0.15) is 0 Å². The number of sulfonamides is 1. The molecule has 8 heteroatoms. The third kappa shape index (κ3) is 4.42. The molecule has 130 valence electrons. The number of rotatable bonds is 7. The van der Waals surface area contributed by atoms with Gasteiger partial charge in [0.05, 0.1) is 7.11 Å². The molecular formula is C16H17F2NO4S. The third-order valence-corrected chi connectivity index (χ3v) is 4.64. The summed E-state index contributed by atoms with van der Waals surface area (Å²) in [7, 11) is -2.40. The van der Waals surface area contributed by atoms with Gasteiger partial charge in [-0.05, 0) is 36.8 Å². The van der Waals surface area contributed by atoms with Gasteiger partial charge in [-0.1, -0.05) is 6.07 Å². The molecule has 5 nitrogen and oxygen atoms in total. The van der Waals surface area contributed by atoms with E-state index in [2.05, 4.69) is 4.72 Å². The lowest BCUT2D eigenvalue weighted by atomic mass is 10.2. The van der Waals surface area contributed by atoms with E-state index in [0.717, 1.165) is 17.7 Å². The van der Waals surface area contributed by atoms with Crippen LogP contribution in [0.1, 0.15) is 5.56 Å². The molecule has 1 N–H and O–H groups in total. The van der Waals surface area contributed by atoms with Crippen molar-refractivity contribution in [3.63, 3.8) is 0 Å². The summed E-state index contributed by atoms with van der Waals surface area (Å²) in [5.41, 5.74) is 0.772. The highest BCUT2D eigenvalue weighted by Gasteiger charge is 2.19. The quantitative estimate of drug-likeness (QED) is 0.774. The number of hydrogen-bond acceptors (Lipinski definition) is 4. The van der Waals surface area contributed by atoms with E-state index in [0.29, 0.717) is 0 Å². The third-order valence-electron chi connectivity index (χ3n) is 3.16. The largest absolute Gasteiger partial charge is 0.495 e. The van der Waals surface area contributed by atoms with E-state index in [1.165, 1.54) is 19.2 Å². The number of aryl methyl sites for hydroxylation is 1. The molecule has 24 heavy (non-hydrogen) atoms. The fourth-order valence-corrected chi connectivity index (χ4v) is 3.25. The van der Waals surface area contributed by atoms with Gasteiger partial charge < -0.3 is 9.47 Å². The van der Waals surface area contributed by atoms with E-state index in [1.54, 1.807) is 19.1 Å². The van der Waals surface area contributed by atoms with E-state index in [9.17, 15) is 17.2 Å². The van der Waals surface area contributed by atoms with Crippen LogP contribution in [0.15, 0.2) is 41.3 Å². The van der Waals surface area contributed by atoms with Crippen molar-refractivity contribution in [2.75, 3.05) is 20.3 Å². The lowest BCUT2D eigenvalue weighted by Crippen LogP contribution is -2.28. The zero-order chi connectivity index (χ0) is 17.7. The fourth-order valence-electron chi connectivity index (χ4n) is 1.98. The smallest absolute Gasteiger partial charge is 0.244 e. The summed E-state index contributed by atoms with van der Waals surface area (Å²) in [4.78, 5) is 0.0258. The summed E-state index contributed by atoms with van der Waals surface area (Å²) in [6.45, 7) is 1.68. The maximum absolute atomic E-state index is 13.0. The highest BCUT2D eigenvalue weighted by molar-refractivity contribution is 7.89. The predicted molar refractivity (Wildman–Crippen MR) is 84.8 cm³/mol. The summed E-state index contributed by atoms with van der Waals surface area (Å²) < 4.78 is 63.1. The zero-order valence-corrected chi connectivity index (χ0v) is 14.0. The maximum Gasteiger partial charge on any atom is 0.244 e. The number of ether oxygens (including phenoxy) is 2. The van der Waals surface area contributed by atoms with Crippen molar-refractivity contribution < 1.29 is 26.7 Å². The molecule has 0 radical (unpaired) electrons. The molecule has 0 spiro atoms. The van der Waals surface area contributed by atoms with Gasteiger partial charge in [0.25, 0.3) is 0 Å². The van der Waals surface area contributed by atoms with Gasteiger partial charge in [-0.25, -0.2) is 21.9 Å². The van der Waals surface area contributed by atoms with Crippen molar-refractivity contribution >= 4 is 10.0 Å². The van der Waals surface area contributed by atoms with Gasteiger partial charge in [0.1, 0.15) is 23.0 Å². The minimum Gasteiger partial charge on any atom is -0.495 e. The second-order valence-corrected chi connectivity index (χ2v) is 6.71. The first-order chi connectivity index (χ1) is 11.3. The van der Waals surface area contributed by atoms with Crippen LogP contribution in [-0.2, 0) is 10.0 Å². The Labute approximate surface area is 139 Å². The van der Waals surface area contributed by atoms with E-state index in [-0.39, 0.29) is 29.5 Å². The van der Waals surface area contributed by atoms with Crippen molar-refractivity contribution in [2.24, 2.45) is 0 Å². The second kappa shape index (κ2) is 7.59. The average Bonchev–Trinajstić information content (AvgIpc) is 2.55. The van der Waals surface area contributed by atoms with Crippen molar-refractivity contribution in [3.8, 4) is 11.5 Å². The summed E-state index contributed by atoms with van der Waals surface area (Å²) in [5, 5.41) is 0. The standard InChI is InChI=1S/C16H17F2NO4S/c1-11-3-6-15(22-2)16(9-11)24(20,21)19-7-8-23-12-4-5-13(17)14(18)10-12/h3-6,9-10,19H,7-8H2,1-2H3. The van der Waals surface area contributed by atoms with Crippen LogP contribution >= 0.6 is 0 Å². The lowest BCUT2D eigenvalue weighted by molar-refractivity contribution is 0.319. The fraction of sp³-hybridized carbons (Fsp3) is 0.250. The minimum atomic E-state index is -3.78. The number of hydrogen-bond donors (Lipinski definition) is 1. The Balaban J connectivity index is 1.98. The van der Waals surface area contributed by atoms with E-state index in [1.807, 2.05) is 0 Å². The molecule has 0 bridgehead atoms. The van der Waals surface area contributed by atoms with Crippen LogP contribution in [0.25, 0.3) is 0 Å². The van der Waals surface area contributed by atoms with Gasteiger partial charge in [0, 0.05) is 12.6 Å². The topological polar surface area (TPSA) is 64.6 Å². The van der Waals surface area contributed by atoms with Gasteiger partial charge in [0.2, 0.25) is 10.0 Å². The van der Waals surface area contributed by atoms with Gasteiger partial charge in [-0.3, -0.25) is 0 Å². The van der Waals surface area contributed by atoms with Gasteiger partial charge in [0.15, 0.2) is 11.6 Å². The van der Waals surface area contributed by atoms with E-state index < -0.39 is 21.7 Å². The van der Waals surface area contributed by atoms with Crippen LogP contribution in [0, 0.1) is 18.6 Å². The first kappa shape index (κ1) is 18.2. The van der Waals surface area contributed by atoms with Crippen LogP contribution < -0.4 is 14.2 Å². The zero-order valence-electron chi connectivity index (χ0n) is 13.2. The Hall–Kier alpha value is -2.19. The molecule has 0 fully saturated rings. The van der Waals surface area contributed by atoms with E-state index >= 15 is 0 Å². The SMILES string of the molecule is COc1ccc(C)cc1S(=O)(=O)NCCOc1ccc(F)c(F)c1. The molecule has 0 atom stereocenters. The van der Waals surface area contributed by atoms with Gasteiger partial charge >= 0.3 is 0 Å². The van der Waals surface area contributed by atoms with Crippen LogP contribution in [0.5, 0.6) is 11.5 Å². The molecule has 0 aromatic heterocycles. The van der Waals surface area contributed by atoms with Crippen LogP contribution in [-0.4, -0.2) is 28.7 Å². The highest BCUT2D eigenvalue weighted by atomic mass is 32.2. The Bertz CT molecular complexity index is 825. The molecule has 0 saturated heterocycles. The highest BCUT2D eigenvalue weighted by Crippen LogP contribution is 2.24. The molecule has 0 amide bonds. The minimum absolute atomic E-state index is 0.0258. The predicted octanol–water partition coefficient (Wildman–Crippen LogP) is 2.64. The first-order valence-electron chi connectivity index (χ1n) is 7.05. The normalized spacial score (nSPS) is 11.3. The molecule has 0 aliphatic carbocycles. The number of halogens is 2. The van der Waals surface area contributed by atoms with Crippen LogP contribution in [0.2, 0.25) is 0 Å². The van der Waals surface area contributed by atoms with Crippen molar-refractivity contribution in [2.45, 2.75) is 11.8 Å². The van der Waals surface area contributed by atoms with Crippen molar-refractivity contribution in [1.82, 2.24) is 4.72 Å². The molecule has 0 heterocycles. The number of methoxy groups -OCH3 is 1. The Kier molecular flexibility index (Phi) is 5.74. The lowest BCUT2D eigenvalue weighted by Gasteiger charge is -2.12. The average molecular weight is 357 g/mol. The summed E-state index contributed by atoms with van der Waals surface area (Å²) in [5.74, 6) is -1.66. The summed E-state index contributed by atoms with van der Waals surface area (Å²) in [6.07, 6.45) is 0. The Morgan fingerprint density at radius 3 is 2.50 bits per heavy atom. The second-order valence-electron chi connectivity index (χ2n) is 4.98. The van der Waals surface area contributed by atoms with Crippen LogP contribution in [0.4, 0.5) is 8.78 Å². The Morgan fingerprint density at radius 1 is 1.08 bits per heavy atom. The molecule has 2 aromatic rings. The molecule has 0 aliphatic rings.